The van der Waals surface area contributed by atoms with E-state index in [4.69, 9.17) is 4.74 Å². The Morgan fingerprint density at radius 3 is 1.03 bits per heavy atom. The lowest BCUT2D eigenvalue weighted by atomic mass is 10.0. The lowest BCUT2D eigenvalue weighted by Gasteiger charge is -2.24. The van der Waals surface area contributed by atoms with Crippen molar-refractivity contribution in [1.82, 2.24) is 5.32 Å². The number of hydrogen-bond donors (Lipinski definition) is 3. The third-order valence-electron chi connectivity index (χ3n) is 12.7. The summed E-state index contributed by atoms with van der Waals surface area (Å²) >= 11 is 0. The first kappa shape index (κ1) is 57.9. The maximum absolute atomic E-state index is 13.2. The van der Waals surface area contributed by atoms with Crippen molar-refractivity contribution >= 4 is 11.9 Å². The molecule has 6 nitrogen and oxygen atoms in total. The van der Waals surface area contributed by atoms with Crippen LogP contribution in [0.15, 0.2) is 0 Å². The first-order chi connectivity index (χ1) is 29.0. The zero-order chi connectivity index (χ0) is 43.1. The van der Waals surface area contributed by atoms with Gasteiger partial charge in [-0.15, -0.1) is 0 Å². The Kier molecular flexibility index (Phi) is 47.0. The van der Waals surface area contributed by atoms with Crippen molar-refractivity contribution in [3.8, 4) is 0 Å². The molecule has 3 unspecified atom stereocenters. The van der Waals surface area contributed by atoms with E-state index in [9.17, 15) is 19.8 Å². The van der Waals surface area contributed by atoms with Gasteiger partial charge in [-0.2, -0.15) is 0 Å². The minimum absolute atomic E-state index is 0.0879. The standard InChI is InChI=1S/C53H105NO5/c1-4-7-10-13-16-19-21-23-25-27-29-31-34-37-40-43-46-53(58)59-49(44-41-38-35-33-30-28-26-24-22-20-17-14-11-8-5-2)47-52(57)54-50(48-55)51(56)45-42-39-36-32-18-15-12-9-6-3/h49-51,55-56H,4-48H2,1-3H3,(H,54,57). The molecule has 0 aliphatic rings. The van der Waals surface area contributed by atoms with Crippen molar-refractivity contribution in [3.63, 3.8) is 0 Å². The van der Waals surface area contributed by atoms with Crippen molar-refractivity contribution in [3.05, 3.63) is 0 Å². The maximum atomic E-state index is 13.2. The largest absolute Gasteiger partial charge is 0.462 e. The van der Waals surface area contributed by atoms with Crippen LogP contribution in [0.3, 0.4) is 0 Å². The van der Waals surface area contributed by atoms with Crippen LogP contribution in [0.4, 0.5) is 0 Å². The Bertz CT molecular complexity index is 852. The second kappa shape index (κ2) is 47.9. The molecule has 0 radical (unpaired) electrons. The van der Waals surface area contributed by atoms with Gasteiger partial charge in [-0.05, 0) is 25.7 Å². The van der Waals surface area contributed by atoms with E-state index in [1.807, 2.05) is 0 Å². The maximum Gasteiger partial charge on any atom is 0.306 e. The van der Waals surface area contributed by atoms with Gasteiger partial charge >= 0.3 is 5.97 Å². The molecule has 0 aliphatic carbocycles. The molecule has 3 N–H and O–H groups in total. The molecule has 0 fully saturated rings. The van der Waals surface area contributed by atoms with Gasteiger partial charge in [0, 0.05) is 6.42 Å². The van der Waals surface area contributed by atoms with E-state index in [1.165, 1.54) is 218 Å². The zero-order valence-corrected chi connectivity index (χ0v) is 40.2. The van der Waals surface area contributed by atoms with Crippen molar-refractivity contribution in [2.75, 3.05) is 6.61 Å². The fourth-order valence-electron chi connectivity index (χ4n) is 8.61. The quantitative estimate of drug-likeness (QED) is 0.0419. The molecule has 59 heavy (non-hydrogen) atoms. The molecule has 0 spiro atoms. The van der Waals surface area contributed by atoms with Crippen LogP contribution in [-0.2, 0) is 14.3 Å². The second-order valence-corrected chi connectivity index (χ2v) is 18.6. The number of aliphatic hydroxyl groups excluding tert-OH is 2. The molecule has 0 aromatic carbocycles. The molecule has 0 aliphatic heterocycles. The Balaban J connectivity index is 4.48. The van der Waals surface area contributed by atoms with Crippen LogP contribution in [0.25, 0.3) is 0 Å². The van der Waals surface area contributed by atoms with E-state index in [2.05, 4.69) is 26.1 Å². The van der Waals surface area contributed by atoms with Gasteiger partial charge in [0.05, 0.1) is 25.2 Å². The first-order valence-electron chi connectivity index (χ1n) is 26.8. The van der Waals surface area contributed by atoms with Gasteiger partial charge in [-0.25, -0.2) is 0 Å². The average Bonchev–Trinajstić information content (AvgIpc) is 3.23. The predicted molar refractivity (Wildman–Crippen MR) is 255 cm³/mol. The molecule has 0 bridgehead atoms. The second-order valence-electron chi connectivity index (χ2n) is 18.6. The fourth-order valence-corrected chi connectivity index (χ4v) is 8.61. The van der Waals surface area contributed by atoms with E-state index in [0.29, 0.717) is 19.3 Å². The highest BCUT2D eigenvalue weighted by Crippen LogP contribution is 2.19. The van der Waals surface area contributed by atoms with Crippen molar-refractivity contribution in [2.45, 2.75) is 322 Å². The SMILES string of the molecule is CCCCCCCCCCCCCCCCCCC(=O)OC(CCCCCCCCCCCCCCCCC)CC(=O)NC(CO)C(O)CCCCCCCCCCC. The summed E-state index contributed by atoms with van der Waals surface area (Å²) in [6.07, 6.45) is 51.7. The summed E-state index contributed by atoms with van der Waals surface area (Å²) in [6.45, 7) is 6.50. The predicted octanol–water partition coefficient (Wildman–Crippen LogP) is 16.0. The van der Waals surface area contributed by atoms with Gasteiger partial charge in [0.25, 0.3) is 0 Å². The number of hydrogen-bond acceptors (Lipinski definition) is 5. The van der Waals surface area contributed by atoms with Crippen LogP contribution in [0.2, 0.25) is 0 Å². The summed E-state index contributed by atoms with van der Waals surface area (Å²) in [7, 11) is 0. The summed E-state index contributed by atoms with van der Waals surface area (Å²) in [5.41, 5.74) is 0. The van der Waals surface area contributed by atoms with E-state index >= 15 is 0 Å². The molecule has 1 amide bonds. The number of nitrogens with one attached hydrogen (secondary N) is 1. The van der Waals surface area contributed by atoms with E-state index in [0.717, 1.165) is 38.5 Å². The van der Waals surface area contributed by atoms with Gasteiger partial charge in [0.1, 0.15) is 6.10 Å². The Morgan fingerprint density at radius 2 is 0.712 bits per heavy atom. The molecule has 0 saturated carbocycles. The topological polar surface area (TPSA) is 95.9 Å². The first-order valence-corrected chi connectivity index (χ1v) is 26.8. The lowest BCUT2D eigenvalue weighted by Crippen LogP contribution is -2.46. The number of esters is 1. The summed E-state index contributed by atoms with van der Waals surface area (Å²) in [5, 5.41) is 23.7. The van der Waals surface area contributed by atoms with E-state index in [1.54, 1.807) is 0 Å². The van der Waals surface area contributed by atoms with Crippen LogP contribution in [0, 0.1) is 0 Å². The third kappa shape index (κ3) is 43.3. The molecule has 0 heterocycles. The van der Waals surface area contributed by atoms with Crippen LogP contribution in [-0.4, -0.2) is 46.9 Å². The van der Waals surface area contributed by atoms with Crippen molar-refractivity contribution in [2.24, 2.45) is 0 Å². The Hall–Kier alpha value is -1.14. The van der Waals surface area contributed by atoms with Crippen LogP contribution >= 0.6 is 0 Å². The van der Waals surface area contributed by atoms with Gasteiger partial charge in [0.2, 0.25) is 5.91 Å². The Labute approximate surface area is 368 Å². The normalized spacial score (nSPS) is 13.1. The van der Waals surface area contributed by atoms with Crippen LogP contribution in [0.5, 0.6) is 0 Å². The van der Waals surface area contributed by atoms with Crippen molar-refractivity contribution < 1.29 is 24.5 Å². The van der Waals surface area contributed by atoms with Crippen LogP contribution in [0.1, 0.15) is 303 Å². The number of amides is 1. The number of carbonyl (C=O) groups excluding carboxylic acids is 2. The van der Waals surface area contributed by atoms with Gasteiger partial charge in [-0.3, -0.25) is 9.59 Å². The molecule has 0 rings (SSSR count). The third-order valence-corrected chi connectivity index (χ3v) is 12.7. The van der Waals surface area contributed by atoms with Crippen molar-refractivity contribution in [1.29, 1.82) is 0 Å². The monoisotopic (exact) mass is 836 g/mol. The number of unbranched alkanes of at least 4 members (excludes halogenated alkanes) is 37. The van der Waals surface area contributed by atoms with Gasteiger partial charge in [0.15, 0.2) is 0 Å². The molecule has 6 heteroatoms. The summed E-state index contributed by atoms with van der Waals surface area (Å²) in [5.74, 6) is -0.449. The Morgan fingerprint density at radius 1 is 0.424 bits per heavy atom. The molecule has 0 aromatic rings. The number of aliphatic hydroxyl groups is 2. The molecule has 3 atom stereocenters. The number of ether oxygens (including phenoxy) is 1. The highest BCUT2D eigenvalue weighted by atomic mass is 16.5. The van der Waals surface area contributed by atoms with Crippen LogP contribution < -0.4 is 5.32 Å². The smallest absolute Gasteiger partial charge is 0.306 e. The molecule has 352 valence electrons. The van der Waals surface area contributed by atoms with E-state index < -0.39 is 18.2 Å². The minimum Gasteiger partial charge on any atom is -0.462 e. The number of rotatable bonds is 49. The molecule has 0 saturated heterocycles. The van der Waals surface area contributed by atoms with E-state index in [-0.39, 0.29) is 24.9 Å². The summed E-state index contributed by atoms with van der Waals surface area (Å²) in [6, 6.07) is -0.691. The zero-order valence-electron chi connectivity index (χ0n) is 40.2. The van der Waals surface area contributed by atoms with Gasteiger partial charge < -0.3 is 20.3 Å². The molecular weight excluding hydrogens is 731 g/mol. The fraction of sp³-hybridized carbons (Fsp3) is 0.962. The molecular formula is C53H105NO5. The number of carbonyl (C=O) groups is 2. The highest BCUT2D eigenvalue weighted by Gasteiger charge is 2.24. The summed E-state index contributed by atoms with van der Waals surface area (Å²) in [4.78, 5) is 26.1. The highest BCUT2D eigenvalue weighted by molar-refractivity contribution is 5.77. The van der Waals surface area contributed by atoms with Gasteiger partial charge in [-0.1, -0.05) is 265 Å². The molecule has 0 aromatic heterocycles. The summed E-state index contributed by atoms with van der Waals surface area (Å²) < 4.78 is 5.95. The minimum atomic E-state index is -0.778. The average molecular weight is 836 g/mol. The lowest BCUT2D eigenvalue weighted by molar-refractivity contribution is -0.151.